The lowest BCUT2D eigenvalue weighted by Gasteiger charge is -2.01. The number of hydrogen-bond donors (Lipinski definition) is 1. The first-order chi connectivity index (χ1) is 6.26. The van der Waals surface area contributed by atoms with Crippen LogP contribution >= 0.6 is 0 Å². The Labute approximate surface area is 75.7 Å². The van der Waals surface area contributed by atoms with E-state index >= 15 is 0 Å². The summed E-state index contributed by atoms with van der Waals surface area (Å²) in [6, 6.07) is 8.19. The van der Waals surface area contributed by atoms with Crippen molar-refractivity contribution in [1.82, 2.24) is 0 Å². The second kappa shape index (κ2) is 4.12. The standard InChI is InChI=1S/C9H8N2O2/c1-13-8-4-2-7(3-5-8)11-9(12)6-10/h2-5H,1H3,(H,11,12). The number of benzene rings is 1. The van der Waals surface area contributed by atoms with Crippen molar-refractivity contribution in [2.45, 2.75) is 0 Å². The van der Waals surface area contributed by atoms with Crippen LogP contribution in [0.1, 0.15) is 0 Å². The molecule has 66 valence electrons. The van der Waals surface area contributed by atoms with Gasteiger partial charge in [-0.2, -0.15) is 5.26 Å². The Morgan fingerprint density at radius 1 is 1.46 bits per heavy atom. The van der Waals surface area contributed by atoms with Gasteiger partial charge in [0.05, 0.1) is 7.11 Å². The minimum absolute atomic E-state index is 0.576. The highest BCUT2D eigenvalue weighted by molar-refractivity contribution is 6.02. The summed E-state index contributed by atoms with van der Waals surface area (Å²) in [5, 5.41) is 10.6. The molecule has 0 aliphatic carbocycles. The molecule has 0 spiro atoms. The number of ether oxygens (including phenoxy) is 1. The first-order valence-corrected chi connectivity index (χ1v) is 3.61. The molecule has 0 radical (unpaired) electrons. The third-order valence-corrected chi connectivity index (χ3v) is 1.45. The molecule has 13 heavy (non-hydrogen) atoms. The van der Waals surface area contributed by atoms with Crippen LogP contribution < -0.4 is 10.1 Å². The van der Waals surface area contributed by atoms with E-state index in [0.717, 1.165) is 0 Å². The number of anilines is 1. The van der Waals surface area contributed by atoms with Crippen molar-refractivity contribution in [2.24, 2.45) is 0 Å². The number of methoxy groups -OCH3 is 1. The maximum Gasteiger partial charge on any atom is 0.326 e. The lowest BCUT2D eigenvalue weighted by Crippen LogP contribution is -2.07. The Bertz CT molecular complexity index is 338. The fourth-order valence-electron chi connectivity index (χ4n) is 0.833. The number of rotatable bonds is 2. The van der Waals surface area contributed by atoms with Crippen molar-refractivity contribution >= 4 is 11.6 Å². The van der Waals surface area contributed by atoms with Crippen LogP contribution in [0.15, 0.2) is 24.3 Å². The maximum atomic E-state index is 10.6. The van der Waals surface area contributed by atoms with Crippen molar-refractivity contribution in [2.75, 3.05) is 12.4 Å². The Morgan fingerprint density at radius 3 is 2.54 bits per heavy atom. The average molecular weight is 176 g/mol. The molecule has 0 unspecified atom stereocenters. The van der Waals surface area contributed by atoms with Crippen LogP contribution in [0.25, 0.3) is 0 Å². The van der Waals surface area contributed by atoms with Crippen LogP contribution in [0.4, 0.5) is 5.69 Å². The minimum atomic E-state index is -0.676. The maximum absolute atomic E-state index is 10.6. The number of carbonyl (C=O) groups excluding carboxylic acids is 1. The predicted octanol–water partition coefficient (Wildman–Crippen LogP) is 1.16. The van der Waals surface area contributed by atoms with Gasteiger partial charge in [0, 0.05) is 5.69 Å². The van der Waals surface area contributed by atoms with Gasteiger partial charge in [-0.25, -0.2) is 0 Å². The van der Waals surface area contributed by atoms with Crippen molar-refractivity contribution in [3.63, 3.8) is 0 Å². The van der Waals surface area contributed by atoms with E-state index < -0.39 is 5.91 Å². The molecule has 0 saturated carbocycles. The summed E-state index contributed by atoms with van der Waals surface area (Å²) in [4.78, 5) is 10.6. The summed E-state index contributed by atoms with van der Waals surface area (Å²) in [6.07, 6.45) is 0. The van der Waals surface area contributed by atoms with E-state index in [-0.39, 0.29) is 0 Å². The Morgan fingerprint density at radius 2 is 2.08 bits per heavy atom. The van der Waals surface area contributed by atoms with Crippen LogP contribution in [0.2, 0.25) is 0 Å². The van der Waals surface area contributed by atoms with E-state index in [0.29, 0.717) is 11.4 Å². The molecule has 0 atom stereocenters. The highest BCUT2D eigenvalue weighted by Crippen LogP contribution is 2.14. The van der Waals surface area contributed by atoms with Crippen LogP contribution in [0.3, 0.4) is 0 Å². The smallest absolute Gasteiger partial charge is 0.326 e. The summed E-state index contributed by atoms with van der Waals surface area (Å²) >= 11 is 0. The second-order valence-electron chi connectivity index (χ2n) is 2.29. The van der Waals surface area contributed by atoms with Gasteiger partial charge in [-0.15, -0.1) is 0 Å². The minimum Gasteiger partial charge on any atom is -0.497 e. The topological polar surface area (TPSA) is 62.1 Å². The van der Waals surface area contributed by atoms with Gasteiger partial charge in [0.15, 0.2) is 6.07 Å². The molecule has 0 fully saturated rings. The first-order valence-electron chi connectivity index (χ1n) is 3.61. The van der Waals surface area contributed by atoms with E-state index in [9.17, 15) is 4.79 Å². The highest BCUT2D eigenvalue weighted by atomic mass is 16.5. The predicted molar refractivity (Wildman–Crippen MR) is 47.2 cm³/mol. The van der Waals surface area contributed by atoms with Gasteiger partial charge in [-0.3, -0.25) is 4.79 Å². The van der Waals surface area contributed by atoms with Crippen LogP contribution in [-0.4, -0.2) is 13.0 Å². The molecule has 0 bridgehead atoms. The molecular formula is C9H8N2O2. The molecule has 4 nitrogen and oxygen atoms in total. The molecule has 0 saturated heterocycles. The fourth-order valence-corrected chi connectivity index (χ4v) is 0.833. The molecule has 1 aromatic rings. The summed E-state index contributed by atoms with van der Waals surface area (Å²) < 4.78 is 4.92. The molecule has 1 N–H and O–H groups in total. The monoisotopic (exact) mass is 176 g/mol. The van der Waals surface area contributed by atoms with Gasteiger partial charge in [0.1, 0.15) is 5.75 Å². The number of amides is 1. The van der Waals surface area contributed by atoms with E-state index in [1.54, 1.807) is 31.4 Å². The molecule has 1 rings (SSSR count). The van der Waals surface area contributed by atoms with Crippen molar-refractivity contribution in [1.29, 1.82) is 5.26 Å². The van der Waals surface area contributed by atoms with E-state index in [2.05, 4.69) is 5.32 Å². The van der Waals surface area contributed by atoms with Gasteiger partial charge >= 0.3 is 5.91 Å². The molecule has 1 aromatic carbocycles. The zero-order valence-electron chi connectivity index (χ0n) is 7.07. The molecule has 1 amide bonds. The lowest BCUT2D eigenvalue weighted by molar-refractivity contribution is -0.111. The highest BCUT2D eigenvalue weighted by Gasteiger charge is 1.98. The molecule has 4 heteroatoms. The third-order valence-electron chi connectivity index (χ3n) is 1.45. The Balaban J connectivity index is 2.71. The molecule has 0 aliphatic rings. The number of nitriles is 1. The van der Waals surface area contributed by atoms with E-state index in [1.165, 1.54) is 6.07 Å². The largest absolute Gasteiger partial charge is 0.497 e. The zero-order chi connectivity index (χ0) is 9.68. The van der Waals surface area contributed by atoms with Crippen LogP contribution in [0.5, 0.6) is 5.75 Å². The summed E-state index contributed by atoms with van der Waals surface area (Å²) in [6.45, 7) is 0. The molecule has 0 aliphatic heterocycles. The van der Waals surface area contributed by atoms with Gasteiger partial charge in [-0.05, 0) is 24.3 Å². The van der Waals surface area contributed by atoms with Crippen molar-refractivity contribution < 1.29 is 9.53 Å². The van der Waals surface area contributed by atoms with Gasteiger partial charge in [0.2, 0.25) is 0 Å². The number of nitrogens with one attached hydrogen (secondary N) is 1. The molecule has 0 aromatic heterocycles. The summed E-state index contributed by atoms with van der Waals surface area (Å²) in [5.74, 6) is 0.0279. The third kappa shape index (κ3) is 2.49. The average Bonchev–Trinajstić information content (AvgIpc) is 2.19. The van der Waals surface area contributed by atoms with Gasteiger partial charge < -0.3 is 10.1 Å². The van der Waals surface area contributed by atoms with Crippen molar-refractivity contribution in [3.05, 3.63) is 24.3 Å². The molecule has 0 heterocycles. The second-order valence-corrected chi connectivity index (χ2v) is 2.29. The summed E-state index contributed by atoms with van der Waals surface area (Å²) in [7, 11) is 1.56. The number of nitrogens with zero attached hydrogens (tertiary/aromatic N) is 1. The Kier molecular flexibility index (Phi) is 2.87. The molecular weight excluding hydrogens is 168 g/mol. The van der Waals surface area contributed by atoms with Crippen LogP contribution in [-0.2, 0) is 4.79 Å². The Hall–Kier alpha value is -2.02. The zero-order valence-corrected chi connectivity index (χ0v) is 7.07. The summed E-state index contributed by atoms with van der Waals surface area (Å²) in [5.41, 5.74) is 0.576. The first kappa shape index (κ1) is 9.07. The quantitative estimate of drug-likeness (QED) is 0.687. The van der Waals surface area contributed by atoms with Gasteiger partial charge in [0.25, 0.3) is 0 Å². The lowest BCUT2D eigenvalue weighted by atomic mass is 10.3. The van der Waals surface area contributed by atoms with E-state index in [4.69, 9.17) is 10.00 Å². The van der Waals surface area contributed by atoms with Gasteiger partial charge in [-0.1, -0.05) is 0 Å². The SMILES string of the molecule is COc1ccc(NC(=O)C#N)cc1. The van der Waals surface area contributed by atoms with Crippen molar-refractivity contribution in [3.8, 4) is 11.8 Å². The number of carbonyl (C=O) groups is 1. The normalized spacial score (nSPS) is 8.62. The van der Waals surface area contributed by atoms with E-state index in [1.807, 2.05) is 0 Å². The fraction of sp³-hybridized carbons (Fsp3) is 0.111. The van der Waals surface area contributed by atoms with Crippen LogP contribution in [0, 0.1) is 11.3 Å². The number of hydrogen-bond acceptors (Lipinski definition) is 3.